The summed E-state index contributed by atoms with van der Waals surface area (Å²) in [5.74, 6) is 0. The van der Waals surface area contributed by atoms with Crippen molar-refractivity contribution in [2.45, 2.75) is 126 Å². The molecule has 0 bridgehead atoms. The van der Waals surface area contributed by atoms with Crippen molar-refractivity contribution in [1.82, 2.24) is 5.23 Å². The van der Waals surface area contributed by atoms with Crippen LogP contribution < -0.4 is 5.23 Å². The molecule has 11 heteroatoms. The van der Waals surface area contributed by atoms with Crippen LogP contribution in [0.25, 0.3) is 0 Å². The monoisotopic (exact) mass is 545 g/mol. The molecule has 0 unspecified atom stereocenters. The topological polar surface area (TPSA) is 30.5 Å². The minimum absolute atomic E-state index is 0.0674. The van der Waals surface area contributed by atoms with Gasteiger partial charge in [-0.2, -0.15) is 0 Å². The van der Waals surface area contributed by atoms with E-state index < -0.39 is 48.4 Å². The first-order chi connectivity index (χ1) is 13.7. The third-order valence-electron chi connectivity index (χ3n) is 8.61. The summed E-state index contributed by atoms with van der Waals surface area (Å²) < 4.78 is 14.7. The largest absolute Gasteiger partial charge is 0.462 e. The van der Waals surface area contributed by atoms with Crippen molar-refractivity contribution in [2.75, 3.05) is 6.73 Å². The molecule has 188 valence electrons. The minimum atomic E-state index is -1.64. The summed E-state index contributed by atoms with van der Waals surface area (Å²) in [5, 5.41) is 3.84. The first-order valence-electron chi connectivity index (χ1n) is 12.7. The van der Waals surface area contributed by atoms with E-state index in [-0.39, 0.29) is 18.4 Å². The highest BCUT2D eigenvalue weighted by atomic mass is 28.5. The summed E-state index contributed by atoms with van der Waals surface area (Å²) in [5.41, 5.74) is 0. The van der Waals surface area contributed by atoms with Gasteiger partial charge in [-0.05, 0) is 8.37 Å². The molecule has 0 radical (unpaired) electrons. The van der Waals surface area contributed by atoms with E-state index in [1.165, 1.54) is 0 Å². The lowest BCUT2D eigenvalue weighted by molar-refractivity contribution is 0.221. The van der Waals surface area contributed by atoms with E-state index in [0.717, 1.165) is 0 Å². The lowest BCUT2D eigenvalue weighted by Gasteiger charge is -2.65. The normalized spacial score (nSPS) is 18.9. The smallest absolute Gasteiger partial charge is 0.441 e. The van der Waals surface area contributed by atoms with E-state index in [1.54, 1.807) is 0 Å². The zero-order valence-electron chi connectivity index (χ0n) is 25.2. The number of rotatable bonds is 8. The van der Waals surface area contributed by atoms with Gasteiger partial charge in [0, 0.05) is 48.4 Å². The van der Waals surface area contributed by atoms with E-state index in [0.29, 0.717) is 10.9 Å². The highest BCUT2D eigenvalue weighted by Gasteiger charge is 2.72. The van der Waals surface area contributed by atoms with Gasteiger partial charge >= 0.3 is 14.2 Å². The molecule has 1 heterocycles. The molecule has 1 aliphatic heterocycles. The van der Waals surface area contributed by atoms with Crippen LogP contribution >= 0.6 is 0 Å². The van der Waals surface area contributed by atoms with Crippen molar-refractivity contribution in [3.8, 4) is 0 Å². The van der Waals surface area contributed by atoms with Crippen LogP contribution in [0.2, 0.25) is 126 Å². The fourth-order valence-electron chi connectivity index (χ4n) is 9.88. The third kappa shape index (κ3) is 4.81. The Morgan fingerprint density at radius 1 is 0.500 bits per heavy atom. The van der Waals surface area contributed by atoms with Crippen LogP contribution in [0.4, 0.5) is 0 Å². The summed E-state index contributed by atoms with van der Waals surface area (Å²) in [7, 11) is -9.69. The zero-order valence-corrected chi connectivity index (χ0v) is 31.2. The van der Waals surface area contributed by atoms with Crippen molar-refractivity contribution >= 4 is 62.6 Å². The van der Waals surface area contributed by atoms with Crippen LogP contribution in [-0.2, 0) is 9.23 Å². The van der Waals surface area contributed by atoms with Crippen LogP contribution in [0.5, 0.6) is 0 Å². The second-order valence-corrected chi connectivity index (χ2v) is 51.2. The van der Waals surface area contributed by atoms with Crippen molar-refractivity contribution in [3.05, 3.63) is 0 Å². The summed E-state index contributed by atoms with van der Waals surface area (Å²) in [6.45, 7) is 47.5. The van der Waals surface area contributed by atoms with E-state index in [4.69, 9.17) is 9.23 Å². The molecule has 0 aromatic heterocycles. The maximum atomic E-state index is 7.45. The van der Waals surface area contributed by atoms with E-state index in [9.17, 15) is 0 Å². The molecule has 0 amide bonds. The van der Waals surface area contributed by atoms with Gasteiger partial charge < -0.3 is 14.5 Å². The fourth-order valence-corrected chi connectivity index (χ4v) is 69.3. The lowest BCUT2D eigenvalue weighted by Crippen LogP contribution is -2.81. The van der Waals surface area contributed by atoms with Crippen LogP contribution in [0.3, 0.4) is 0 Å². The van der Waals surface area contributed by atoms with E-state index in [2.05, 4.69) is 123 Å². The number of nitrogens with one attached hydrogen (secondary N) is 1. The molecule has 0 atom stereocenters. The van der Waals surface area contributed by atoms with Crippen LogP contribution in [-0.4, -0.2) is 69.3 Å². The highest BCUT2D eigenvalue weighted by molar-refractivity contribution is 7.27. The standard InChI is InChI=1S/C21H57B2NO2Si6/c1-27(2,3)20(28(4,5)6,29(7,8)9)22-24-19-25-23(26-22)21(30(10,11)12,31(13,14)15)32(16,17)18/h24H,19H2,1-18H3. The zero-order chi connectivity index (χ0) is 26.0. The number of hydrogen-bond acceptors (Lipinski definition) is 3. The van der Waals surface area contributed by atoms with E-state index in [1.807, 2.05) is 0 Å². The van der Waals surface area contributed by atoms with Crippen molar-refractivity contribution in [3.63, 3.8) is 0 Å². The van der Waals surface area contributed by atoms with Gasteiger partial charge in [0.15, 0.2) is 0 Å². The Labute approximate surface area is 209 Å². The summed E-state index contributed by atoms with van der Waals surface area (Å²) in [6, 6.07) is 0. The highest BCUT2D eigenvalue weighted by Crippen LogP contribution is 2.59. The molecular weight excluding hydrogens is 488 g/mol. The van der Waals surface area contributed by atoms with Crippen molar-refractivity contribution in [1.29, 1.82) is 0 Å². The molecule has 1 rings (SSSR count). The Hall–Kier alpha value is 1.31. The minimum Gasteiger partial charge on any atom is -0.462 e. The second kappa shape index (κ2) is 9.00. The van der Waals surface area contributed by atoms with Crippen LogP contribution in [0.1, 0.15) is 0 Å². The summed E-state index contributed by atoms with van der Waals surface area (Å²) >= 11 is 0. The molecule has 0 saturated carbocycles. The van der Waals surface area contributed by atoms with Crippen molar-refractivity contribution in [2.24, 2.45) is 0 Å². The Balaban J connectivity index is 3.89. The van der Waals surface area contributed by atoms with Gasteiger partial charge in [-0.3, -0.25) is 0 Å². The first kappa shape index (κ1) is 31.3. The molecule has 0 aromatic carbocycles. The molecular formula is C21H57B2NO2Si6. The predicted octanol–water partition coefficient (Wildman–Crippen LogP) is 7.30. The van der Waals surface area contributed by atoms with Gasteiger partial charge in [0.25, 0.3) is 0 Å². The molecule has 0 aliphatic carbocycles. The van der Waals surface area contributed by atoms with Gasteiger partial charge in [0.1, 0.15) is 0 Å². The molecule has 32 heavy (non-hydrogen) atoms. The third-order valence-corrected chi connectivity index (χ3v) is 51.3. The maximum absolute atomic E-state index is 7.45. The first-order valence-corrected chi connectivity index (χ1v) is 33.7. The average Bonchev–Trinajstić information content (AvgIpc) is 2.38. The number of hydrogen-bond donors (Lipinski definition) is 1. The van der Waals surface area contributed by atoms with Crippen molar-refractivity contribution < 1.29 is 9.23 Å². The fraction of sp³-hybridized carbons (Fsp3) is 1.00. The average molecular weight is 546 g/mol. The predicted molar refractivity (Wildman–Crippen MR) is 167 cm³/mol. The molecule has 1 fully saturated rings. The molecule has 0 aromatic rings. The maximum Gasteiger partial charge on any atom is 0.441 e. The molecule has 1 saturated heterocycles. The Bertz CT molecular complexity index is 539. The van der Waals surface area contributed by atoms with Crippen LogP contribution in [0, 0.1) is 0 Å². The van der Waals surface area contributed by atoms with Gasteiger partial charge in [0.05, 0.1) is 6.73 Å². The van der Waals surface area contributed by atoms with Crippen LogP contribution in [0.15, 0.2) is 0 Å². The van der Waals surface area contributed by atoms with Gasteiger partial charge in [-0.25, -0.2) is 0 Å². The summed E-state index contributed by atoms with van der Waals surface area (Å²) in [4.78, 5) is 0. The Kier molecular flexibility index (Phi) is 8.82. The quantitative estimate of drug-likeness (QED) is 0.325. The Morgan fingerprint density at radius 3 is 1.03 bits per heavy atom. The summed E-state index contributed by atoms with van der Waals surface area (Å²) in [6.07, 6.45) is 0. The van der Waals surface area contributed by atoms with E-state index >= 15 is 0 Å². The Morgan fingerprint density at radius 2 is 0.781 bits per heavy atom. The molecule has 0 spiro atoms. The molecule has 1 N–H and O–H groups in total. The van der Waals surface area contributed by atoms with Gasteiger partial charge in [-0.15, -0.1) is 0 Å². The van der Waals surface area contributed by atoms with Gasteiger partial charge in [0.2, 0.25) is 0 Å². The SMILES string of the molecule is C[Si](C)(C)C(B1NCOB(C([Si](C)(C)C)([Si](C)(C)C)[Si](C)(C)C)O1)([Si](C)(C)C)[Si](C)(C)C. The van der Waals surface area contributed by atoms with Gasteiger partial charge in [-0.1, -0.05) is 118 Å². The molecule has 3 nitrogen and oxygen atoms in total. The second-order valence-electron chi connectivity index (χ2n) is 16.5. The molecule has 1 aliphatic rings. The lowest BCUT2D eigenvalue weighted by atomic mass is 9.76.